The highest BCUT2D eigenvalue weighted by Crippen LogP contribution is 2.15. The number of carbonyl (C=O) groups is 3. The van der Waals surface area contributed by atoms with Gasteiger partial charge in [-0.3, -0.25) is 14.4 Å². The molecule has 0 aromatic carbocycles. The molecule has 0 amide bonds. The van der Waals surface area contributed by atoms with Gasteiger partial charge in [-0.1, -0.05) is 228 Å². The molecule has 0 radical (unpaired) electrons. The molecule has 0 aromatic rings. The fourth-order valence-electron chi connectivity index (χ4n) is 7.33. The molecule has 0 spiro atoms. The highest BCUT2D eigenvalue weighted by Gasteiger charge is 2.19. The molecule has 0 heterocycles. The Kier molecular flexibility index (Phi) is 50.4. The summed E-state index contributed by atoms with van der Waals surface area (Å²) in [5, 5.41) is 0. The summed E-state index contributed by atoms with van der Waals surface area (Å²) in [5.41, 5.74) is 0. The number of rotatable bonds is 48. The van der Waals surface area contributed by atoms with Crippen molar-refractivity contribution in [3.8, 4) is 0 Å². The monoisotopic (exact) mass is 905 g/mol. The zero-order valence-corrected chi connectivity index (χ0v) is 42.5. The summed E-state index contributed by atoms with van der Waals surface area (Å²) >= 11 is 0. The van der Waals surface area contributed by atoms with Crippen molar-refractivity contribution in [2.24, 2.45) is 0 Å². The molecule has 0 aliphatic carbocycles. The number of esters is 3. The number of hydrogen-bond acceptors (Lipinski definition) is 6. The van der Waals surface area contributed by atoms with Crippen LogP contribution in [0.2, 0.25) is 0 Å². The second-order valence-corrected chi connectivity index (χ2v) is 17.8. The highest BCUT2D eigenvalue weighted by molar-refractivity contribution is 5.71. The topological polar surface area (TPSA) is 78.9 Å². The van der Waals surface area contributed by atoms with Gasteiger partial charge in [0, 0.05) is 19.3 Å². The Bertz CT molecular complexity index is 1270. The van der Waals surface area contributed by atoms with Crippen molar-refractivity contribution in [2.45, 2.75) is 258 Å². The molecule has 0 saturated carbocycles. The Hall–Kier alpha value is -3.41. The molecule has 0 aliphatic heterocycles. The van der Waals surface area contributed by atoms with E-state index in [-0.39, 0.29) is 37.5 Å². The van der Waals surface area contributed by atoms with Crippen LogP contribution in [-0.2, 0) is 28.6 Å². The quantitative estimate of drug-likeness (QED) is 0.0262. The Balaban J connectivity index is 4.48. The first kappa shape index (κ1) is 61.6. The van der Waals surface area contributed by atoms with Gasteiger partial charge in [-0.15, -0.1) is 0 Å². The maximum absolute atomic E-state index is 12.8. The van der Waals surface area contributed by atoms with E-state index in [4.69, 9.17) is 14.2 Å². The second-order valence-electron chi connectivity index (χ2n) is 17.8. The van der Waals surface area contributed by atoms with E-state index in [9.17, 15) is 14.4 Å². The zero-order valence-electron chi connectivity index (χ0n) is 42.5. The minimum absolute atomic E-state index is 0.100. The average Bonchev–Trinajstić information content (AvgIpc) is 3.30. The molecule has 0 saturated heterocycles. The molecular formula is C59H100O6. The van der Waals surface area contributed by atoms with Crippen molar-refractivity contribution in [3.63, 3.8) is 0 Å². The first-order chi connectivity index (χ1) is 32.0. The van der Waals surface area contributed by atoms with Gasteiger partial charge in [-0.25, -0.2) is 0 Å². The van der Waals surface area contributed by atoms with E-state index in [1.165, 1.54) is 116 Å². The third kappa shape index (κ3) is 51.4. The molecule has 0 fully saturated rings. The summed E-state index contributed by atoms with van der Waals surface area (Å²) in [7, 11) is 0. The molecule has 0 aromatic heterocycles. The van der Waals surface area contributed by atoms with Gasteiger partial charge in [-0.2, -0.15) is 0 Å². The van der Waals surface area contributed by atoms with Gasteiger partial charge in [0.25, 0.3) is 0 Å². The minimum atomic E-state index is -0.808. The zero-order chi connectivity index (χ0) is 47.2. The normalized spacial score (nSPS) is 12.7. The molecule has 0 N–H and O–H groups in total. The van der Waals surface area contributed by atoms with Crippen molar-refractivity contribution < 1.29 is 28.6 Å². The van der Waals surface area contributed by atoms with E-state index < -0.39 is 6.10 Å². The van der Waals surface area contributed by atoms with E-state index in [1.807, 2.05) is 0 Å². The smallest absolute Gasteiger partial charge is 0.306 e. The van der Waals surface area contributed by atoms with Gasteiger partial charge in [0.1, 0.15) is 13.2 Å². The van der Waals surface area contributed by atoms with Crippen LogP contribution in [0.25, 0.3) is 0 Å². The lowest BCUT2D eigenvalue weighted by Crippen LogP contribution is -2.30. The van der Waals surface area contributed by atoms with Crippen molar-refractivity contribution in [1.82, 2.24) is 0 Å². The standard InChI is InChI=1S/C59H100O6/c1-4-7-10-13-16-19-22-25-27-29-31-34-37-40-43-46-49-52-58(61)64-55-56(54-63-57(60)51-48-45-42-39-36-33-24-21-18-15-12-9-6-3)65-59(62)53-50-47-44-41-38-35-32-30-28-26-23-20-17-14-11-8-5-2/h8,11,16-17,19-20,25-28,32,35,41,44,56H,4-7,9-10,12-15,18,21-24,29-31,33-34,36-40,42-43,45-55H2,1-3H3/b11-8-,19-16-,20-17-,27-25-,28-26-,35-32-,44-41-/t56-/m0/s1. The van der Waals surface area contributed by atoms with Crippen LogP contribution in [0.1, 0.15) is 252 Å². The van der Waals surface area contributed by atoms with E-state index in [2.05, 4.69) is 106 Å². The maximum atomic E-state index is 12.8. The van der Waals surface area contributed by atoms with Crippen molar-refractivity contribution in [1.29, 1.82) is 0 Å². The molecule has 6 heteroatoms. The fraction of sp³-hybridized carbons (Fsp3) is 0.712. The predicted molar refractivity (Wildman–Crippen MR) is 279 cm³/mol. The van der Waals surface area contributed by atoms with Crippen LogP contribution in [0, 0.1) is 0 Å². The Morgan fingerprint density at radius 3 is 1.02 bits per heavy atom. The van der Waals surface area contributed by atoms with Crippen LogP contribution < -0.4 is 0 Å². The number of ether oxygens (including phenoxy) is 3. The summed E-state index contributed by atoms with van der Waals surface area (Å²) in [6, 6.07) is 0. The van der Waals surface area contributed by atoms with Crippen molar-refractivity contribution >= 4 is 17.9 Å². The summed E-state index contributed by atoms with van der Waals surface area (Å²) < 4.78 is 16.8. The lowest BCUT2D eigenvalue weighted by Gasteiger charge is -2.18. The number of hydrogen-bond donors (Lipinski definition) is 0. The van der Waals surface area contributed by atoms with Gasteiger partial charge in [0.15, 0.2) is 6.10 Å². The summed E-state index contributed by atoms with van der Waals surface area (Å²) in [4.78, 5) is 38.0. The molecule has 372 valence electrons. The summed E-state index contributed by atoms with van der Waals surface area (Å²) in [5.74, 6) is -0.964. The van der Waals surface area contributed by atoms with Crippen LogP contribution >= 0.6 is 0 Å². The van der Waals surface area contributed by atoms with Crippen LogP contribution in [0.4, 0.5) is 0 Å². The molecule has 65 heavy (non-hydrogen) atoms. The van der Waals surface area contributed by atoms with Gasteiger partial charge < -0.3 is 14.2 Å². The third-order valence-electron chi connectivity index (χ3n) is 11.4. The largest absolute Gasteiger partial charge is 0.462 e. The summed E-state index contributed by atoms with van der Waals surface area (Å²) in [6.45, 7) is 6.45. The van der Waals surface area contributed by atoms with Crippen LogP contribution in [0.5, 0.6) is 0 Å². The van der Waals surface area contributed by atoms with Gasteiger partial charge in [-0.05, 0) is 89.9 Å². The van der Waals surface area contributed by atoms with Crippen molar-refractivity contribution in [3.05, 3.63) is 85.1 Å². The number of carbonyl (C=O) groups excluding carboxylic acids is 3. The number of allylic oxidation sites excluding steroid dienone is 14. The molecule has 1 atom stereocenters. The Morgan fingerprint density at radius 1 is 0.323 bits per heavy atom. The van der Waals surface area contributed by atoms with Crippen LogP contribution in [0.3, 0.4) is 0 Å². The van der Waals surface area contributed by atoms with E-state index in [0.29, 0.717) is 19.3 Å². The first-order valence-electron chi connectivity index (χ1n) is 27.1. The molecule has 6 nitrogen and oxygen atoms in total. The molecule has 0 bridgehead atoms. The molecule has 0 unspecified atom stereocenters. The van der Waals surface area contributed by atoms with Crippen molar-refractivity contribution in [2.75, 3.05) is 13.2 Å². The van der Waals surface area contributed by atoms with Gasteiger partial charge in [0.2, 0.25) is 0 Å². The molecular weight excluding hydrogens is 805 g/mol. The fourth-order valence-corrected chi connectivity index (χ4v) is 7.33. The maximum Gasteiger partial charge on any atom is 0.306 e. The predicted octanol–water partition coefficient (Wildman–Crippen LogP) is 18.0. The van der Waals surface area contributed by atoms with Gasteiger partial charge >= 0.3 is 17.9 Å². The Morgan fingerprint density at radius 2 is 0.615 bits per heavy atom. The lowest BCUT2D eigenvalue weighted by molar-refractivity contribution is -0.167. The highest BCUT2D eigenvalue weighted by atomic mass is 16.6. The van der Waals surface area contributed by atoms with E-state index in [1.54, 1.807) is 0 Å². The lowest BCUT2D eigenvalue weighted by atomic mass is 10.0. The minimum Gasteiger partial charge on any atom is -0.462 e. The number of unbranched alkanes of at least 4 members (excludes halogenated alkanes) is 23. The van der Waals surface area contributed by atoms with Crippen LogP contribution in [-0.4, -0.2) is 37.2 Å². The van der Waals surface area contributed by atoms with Gasteiger partial charge in [0.05, 0.1) is 0 Å². The summed E-state index contributed by atoms with van der Waals surface area (Å²) in [6.07, 6.45) is 68.5. The molecule has 0 rings (SSSR count). The third-order valence-corrected chi connectivity index (χ3v) is 11.4. The average molecular weight is 905 g/mol. The van der Waals surface area contributed by atoms with E-state index >= 15 is 0 Å². The van der Waals surface area contributed by atoms with Crippen LogP contribution in [0.15, 0.2) is 85.1 Å². The SMILES string of the molecule is CC/C=C\C/C=C\C/C=C\C/C=C\C/C=C\CCCC(=O)O[C@H](COC(=O)CCCCCCCCC/C=C\C/C=C\CCCCC)COC(=O)CCCCCCCCCCCCCCC. The first-order valence-corrected chi connectivity index (χ1v) is 27.1. The molecule has 0 aliphatic rings. The second kappa shape index (κ2) is 53.2. The van der Waals surface area contributed by atoms with E-state index in [0.717, 1.165) is 89.9 Å². The Labute approximate surface area is 401 Å².